The Morgan fingerprint density at radius 2 is 1.27 bits per heavy atom. The lowest BCUT2D eigenvalue weighted by Crippen LogP contribution is -2.15. The molecule has 6 heteroatoms. The molecule has 3 nitrogen and oxygen atoms in total. The van der Waals surface area contributed by atoms with E-state index in [4.69, 9.17) is 21.1 Å². The van der Waals surface area contributed by atoms with Crippen molar-refractivity contribution in [1.29, 1.82) is 0 Å². The van der Waals surface area contributed by atoms with Crippen molar-refractivity contribution in [3.63, 3.8) is 0 Å². The van der Waals surface area contributed by atoms with Gasteiger partial charge in [-0.25, -0.2) is 8.78 Å². The van der Waals surface area contributed by atoms with E-state index in [9.17, 15) is 8.78 Å². The molecular weight excluding hydrogens is 360 g/mol. The second-order valence-electron chi connectivity index (χ2n) is 5.37. The number of methoxy groups -OCH3 is 2. The third kappa shape index (κ3) is 3.18. The number of halogens is 3. The molecule has 0 heterocycles. The molecule has 0 unspecified atom stereocenters. The van der Waals surface area contributed by atoms with Crippen LogP contribution in [0.1, 0.15) is 0 Å². The van der Waals surface area contributed by atoms with E-state index in [0.717, 1.165) is 6.07 Å². The molecule has 0 aromatic heterocycles. The van der Waals surface area contributed by atoms with Gasteiger partial charge in [0, 0.05) is 0 Å². The molecule has 0 fully saturated rings. The summed E-state index contributed by atoms with van der Waals surface area (Å²) >= 11 is 5.92. The minimum Gasteiger partial charge on any atom is -0.495 e. The van der Waals surface area contributed by atoms with Gasteiger partial charge >= 0.3 is 0 Å². The van der Waals surface area contributed by atoms with Gasteiger partial charge in [0.2, 0.25) is 0 Å². The molecule has 0 aliphatic heterocycles. The number of anilines is 3. The van der Waals surface area contributed by atoms with Crippen molar-refractivity contribution in [2.45, 2.75) is 0 Å². The first-order chi connectivity index (χ1) is 12.6. The van der Waals surface area contributed by atoms with Crippen LogP contribution in [0.25, 0.3) is 0 Å². The number of hydrogen-bond acceptors (Lipinski definition) is 3. The van der Waals surface area contributed by atoms with Crippen LogP contribution in [0.3, 0.4) is 0 Å². The molecule has 0 amide bonds. The lowest BCUT2D eigenvalue weighted by atomic mass is 10.1. The van der Waals surface area contributed by atoms with Crippen molar-refractivity contribution >= 4 is 28.7 Å². The van der Waals surface area contributed by atoms with Gasteiger partial charge in [0.1, 0.15) is 23.0 Å². The van der Waals surface area contributed by atoms with Gasteiger partial charge in [-0.05, 0) is 36.4 Å². The van der Waals surface area contributed by atoms with Crippen LogP contribution in [0, 0.1) is 11.6 Å². The number of rotatable bonds is 5. The highest BCUT2D eigenvalue weighted by Gasteiger charge is 2.26. The van der Waals surface area contributed by atoms with E-state index in [1.165, 1.54) is 25.2 Å². The van der Waals surface area contributed by atoms with Gasteiger partial charge in [-0.3, -0.25) is 4.90 Å². The highest BCUT2D eigenvalue weighted by molar-refractivity contribution is 6.31. The van der Waals surface area contributed by atoms with E-state index in [1.807, 2.05) is 0 Å². The Hall–Kier alpha value is -2.79. The first-order valence-corrected chi connectivity index (χ1v) is 8.16. The average Bonchev–Trinajstić information content (AvgIpc) is 2.68. The van der Waals surface area contributed by atoms with Crippen molar-refractivity contribution in [3.8, 4) is 11.5 Å². The van der Waals surface area contributed by atoms with E-state index in [2.05, 4.69) is 0 Å². The van der Waals surface area contributed by atoms with Gasteiger partial charge in [0.05, 0.1) is 30.6 Å². The predicted octanol–water partition coefficient (Wildman–Crippen LogP) is 6.11. The Morgan fingerprint density at radius 1 is 0.769 bits per heavy atom. The molecule has 0 spiro atoms. The Balaban J connectivity index is 2.36. The molecule has 3 aromatic carbocycles. The topological polar surface area (TPSA) is 21.7 Å². The summed E-state index contributed by atoms with van der Waals surface area (Å²) in [4.78, 5) is 1.40. The number of para-hydroxylation sites is 4. The van der Waals surface area contributed by atoms with Gasteiger partial charge in [-0.1, -0.05) is 35.9 Å². The van der Waals surface area contributed by atoms with Crippen molar-refractivity contribution in [1.82, 2.24) is 0 Å². The Kier molecular flexibility index (Phi) is 5.28. The van der Waals surface area contributed by atoms with Gasteiger partial charge in [-0.2, -0.15) is 0 Å². The van der Waals surface area contributed by atoms with Crippen molar-refractivity contribution < 1.29 is 18.3 Å². The molecule has 3 aromatic rings. The third-order valence-corrected chi connectivity index (χ3v) is 4.19. The number of benzene rings is 3. The molecule has 0 saturated carbocycles. The van der Waals surface area contributed by atoms with Gasteiger partial charge in [0.15, 0.2) is 5.82 Å². The molecular formula is C20H16ClF2NO2. The summed E-state index contributed by atoms with van der Waals surface area (Å²) in [7, 11) is 2.98. The molecule has 134 valence electrons. The standard InChI is InChI=1S/C20H16ClF2NO2/c1-25-17-9-5-3-7-15(17)24(16-8-4-6-10-18(16)26-2)20-14(22)12-11-13(21)19(20)23/h3-12H,1-2H3. The van der Waals surface area contributed by atoms with Crippen LogP contribution in [0.2, 0.25) is 5.02 Å². The van der Waals surface area contributed by atoms with E-state index in [1.54, 1.807) is 48.5 Å². The summed E-state index contributed by atoms with van der Waals surface area (Å²) < 4.78 is 40.3. The average molecular weight is 376 g/mol. The SMILES string of the molecule is COc1ccccc1N(c1ccccc1OC)c1c(F)ccc(Cl)c1F. The molecule has 0 aliphatic rings. The highest BCUT2D eigenvalue weighted by Crippen LogP contribution is 2.46. The summed E-state index contributed by atoms with van der Waals surface area (Å²) in [5, 5.41) is -0.184. The van der Waals surface area contributed by atoms with Crippen LogP contribution < -0.4 is 14.4 Å². The highest BCUT2D eigenvalue weighted by atomic mass is 35.5. The Bertz CT molecular complexity index is 886. The quantitative estimate of drug-likeness (QED) is 0.502. The lowest BCUT2D eigenvalue weighted by Gasteiger charge is -2.28. The Labute approximate surface area is 155 Å². The maximum absolute atomic E-state index is 14.9. The number of ether oxygens (including phenoxy) is 2. The summed E-state index contributed by atoms with van der Waals surface area (Å²) in [6.07, 6.45) is 0. The van der Waals surface area contributed by atoms with E-state index >= 15 is 0 Å². The number of hydrogen-bond donors (Lipinski definition) is 0. The molecule has 0 saturated heterocycles. The summed E-state index contributed by atoms with van der Waals surface area (Å²) in [5.74, 6) is -0.749. The second kappa shape index (κ2) is 7.62. The summed E-state index contributed by atoms with van der Waals surface area (Å²) in [6.45, 7) is 0. The zero-order valence-corrected chi connectivity index (χ0v) is 14.9. The molecule has 0 bridgehead atoms. The first-order valence-electron chi connectivity index (χ1n) is 7.78. The smallest absolute Gasteiger partial charge is 0.168 e. The van der Waals surface area contributed by atoms with Crippen LogP contribution in [0.4, 0.5) is 25.8 Å². The van der Waals surface area contributed by atoms with Crippen LogP contribution in [-0.4, -0.2) is 14.2 Å². The van der Waals surface area contributed by atoms with Crippen molar-refractivity contribution in [2.75, 3.05) is 19.1 Å². The molecule has 0 radical (unpaired) electrons. The fourth-order valence-corrected chi connectivity index (χ4v) is 2.87. The zero-order valence-electron chi connectivity index (χ0n) is 14.2. The lowest BCUT2D eigenvalue weighted by molar-refractivity contribution is 0.412. The van der Waals surface area contributed by atoms with Gasteiger partial charge in [0.25, 0.3) is 0 Å². The van der Waals surface area contributed by atoms with E-state index in [0.29, 0.717) is 22.9 Å². The fraction of sp³-hybridized carbons (Fsp3) is 0.100. The molecule has 0 aliphatic carbocycles. The second-order valence-corrected chi connectivity index (χ2v) is 5.78. The molecule has 0 N–H and O–H groups in total. The Morgan fingerprint density at radius 3 is 1.77 bits per heavy atom. The minimum absolute atomic E-state index is 0.184. The van der Waals surface area contributed by atoms with Gasteiger partial charge < -0.3 is 9.47 Å². The van der Waals surface area contributed by atoms with Crippen LogP contribution in [-0.2, 0) is 0 Å². The first kappa shape index (κ1) is 18.0. The predicted molar refractivity (Wildman–Crippen MR) is 99.2 cm³/mol. The van der Waals surface area contributed by atoms with Crippen molar-refractivity contribution in [2.24, 2.45) is 0 Å². The largest absolute Gasteiger partial charge is 0.495 e. The monoisotopic (exact) mass is 375 g/mol. The molecule has 3 rings (SSSR count). The summed E-state index contributed by atoms with van der Waals surface area (Å²) in [6, 6.07) is 16.2. The number of nitrogens with zero attached hydrogens (tertiary/aromatic N) is 1. The third-order valence-electron chi connectivity index (χ3n) is 3.90. The maximum atomic E-state index is 14.9. The van der Waals surface area contributed by atoms with E-state index in [-0.39, 0.29) is 10.7 Å². The van der Waals surface area contributed by atoms with Crippen molar-refractivity contribution in [3.05, 3.63) is 77.3 Å². The zero-order chi connectivity index (χ0) is 18.7. The molecule has 0 atom stereocenters. The normalized spacial score (nSPS) is 10.5. The maximum Gasteiger partial charge on any atom is 0.168 e. The fourth-order valence-electron chi connectivity index (χ4n) is 2.72. The van der Waals surface area contributed by atoms with Crippen LogP contribution in [0.5, 0.6) is 11.5 Å². The van der Waals surface area contributed by atoms with Crippen LogP contribution >= 0.6 is 11.6 Å². The molecule has 26 heavy (non-hydrogen) atoms. The van der Waals surface area contributed by atoms with Gasteiger partial charge in [-0.15, -0.1) is 0 Å². The summed E-state index contributed by atoms with van der Waals surface area (Å²) in [5.41, 5.74) is 0.575. The minimum atomic E-state index is -0.872. The van der Waals surface area contributed by atoms with E-state index < -0.39 is 11.6 Å². The van der Waals surface area contributed by atoms with Crippen LogP contribution in [0.15, 0.2) is 60.7 Å².